The number of unbranched alkanes of at least 4 members (excludes halogenated alkanes) is 2. The molecule has 0 aliphatic heterocycles. The normalized spacial score (nSPS) is 13.0. The minimum atomic E-state index is -4.89. The van der Waals surface area contributed by atoms with Gasteiger partial charge in [-0.1, -0.05) is 12.2 Å². The summed E-state index contributed by atoms with van der Waals surface area (Å²) in [6.07, 6.45) is -4.46. The zero-order valence-electron chi connectivity index (χ0n) is 30.8. The topological polar surface area (TPSA) is 80.6 Å². The predicted octanol–water partition coefficient (Wildman–Crippen LogP) is 8.93. The molecule has 0 saturated heterocycles. The van der Waals surface area contributed by atoms with E-state index >= 15 is 0 Å². The quantitative estimate of drug-likeness (QED) is 0.0606. The third-order valence-electron chi connectivity index (χ3n) is 8.78. The number of carbonyl (C=O) groups is 2. The van der Waals surface area contributed by atoms with Crippen molar-refractivity contribution < 1.29 is 45.1 Å². The van der Waals surface area contributed by atoms with Crippen LogP contribution in [0, 0.1) is 12.7 Å². The number of aryl methyl sites for hydroxylation is 2. The monoisotopic (exact) mass is 765 g/mol. The van der Waals surface area contributed by atoms with E-state index in [9.17, 15) is 45.1 Å². The van der Waals surface area contributed by atoms with Crippen LogP contribution in [0.15, 0.2) is 72.7 Å². The Morgan fingerprint density at radius 2 is 1.65 bits per heavy atom. The second-order valence-electron chi connectivity index (χ2n) is 13.3. The van der Waals surface area contributed by atoms with Gasteiger partial charge in [0.2, 0.25) is 5.91 Å². The number of halogens is 7. The molecule has 0 aliphatic rings. The lowest BCUT2D eigenvalue weighted by atomic mass is 9.88. The fourth-order valence-corrected chi connectivity index (χ4v) is 6.24. The second-order valence-corrected chi connectivity index (χ2v) is 13.3. The van der Waals surface area contributed by atoms with E-state index in [4.69, 9.17) is 4.74 Å². The SMILES string of the molecule is C=CCCCCc1cc(F)cc(C)c1-c1cc([C@H](CC(=O)OCC)NC(=O)[C@H](CC=C)n2cc(CCN(C)C)c(C(F)(F)F)cc2=O)cc(C(F)(F)F)c1. The minimum Gasteiger partial charge on any atom is -0.466 e. The number of allylic oxidation sites excluding steroid dienone is 2. The lowest BCUT2D eigenvalue weighted by Gasteiger charge is -2.26. The molecule has 1 N–H and O–H groups in total. The summed E-state index contributed by atoms with van der Waals surface area (Å²) in [6.45, 7) is 10.5. The van der Waals surface area contributed by atoms with Gasteiger partial charge in [-0.3, -0.25) is 14.4 Å². The van der Waals surface area contributed by atoms with Crippen LogP contribution >= 0.6 is 0 Å². The van der Waals surface area contributed by atoms with Gasteiger partial charge in [-0.15, -0.1) is 13.2 Å². The van der Waals surface area contributed by atoms with Gasteiger partial charge in [0.15, 0.2) is 0 Å². The van der Waals surface area contributed by atoms with Crippen LogP contribution in [0.25, 0.3) is 11.1 Å². The number of ether oxygens (including phenoxy) is 1. The van der Waals surface area contributed by atoms with Crippen molar-refractivity contribution in [3.05, 3.63) is 117 Å². The molecular formula is C40H46F7N3O4. The summed E-state index contributed by atoms with van der Waals surface area (Å²) in [5.74, 6) is -2.39. The Morgan fingerprint density at radius 3 is 2.24 bits per heavy atom. The number of esters is 1. The van der Waals surface area contributed by atoms with E-state index in [1.807, 2.05) is 0 Å². The van der Waals surface area contributed by atoms with E-state index in [0.29, 0.717) is 48.4 Å². The first-order valence-corrected chi connectivity index (χ1v) is 17.5. The van der Waals surface area contributed by atoms with Crippen molar-refractivity contribution >= 4 is 11.9 Å². The van der Waals surface area contributed by atoms with Crippen LogP contribution in [0.1, 0.15) is 84.5 Å². The van der Waals surface area contributed by atoms with Crippen LogP contribution in [0.3, 0.4) is 0 Å². The molecule has 1 amide bonds. The summed E-state index contributed by atoms with van der Waals surface area (Å²) in [6, 6.07) is 2.99. The number of hydrogen-bond acceptors (Lipinski definition) is 5. The molecule has 0 saturated carbocycles. The van der Waals surface area contributed by atoms with Gasteiger partial charge >= 0.3 is 18.3 Å². The zero-order valence-corrected chi connectivity index (χ0v) is 30.8. The fraction of sp³-hybridized carbons (Fsp3) is 0.425. The van der Waals surface area contributed by atoms with E-state index in [0.717, 1.165) is 22.9 Å². The maximum Gasteiger partial charge on any atom is 0.416 e. The average Bonchev–Trinajstić information content (AvgIpc) is 3.07. The van der Waals surface area contributed by atoms with E-state index in [-0.39, 0.29) is 42.7 Å². The number of alkyl halides is 6. The van der Waals surface area contributed by atoms with Crippen molar-refractivity contribution in [2.24, 2.45) is 0 Å². The second kappa shape index (κ2) is 19.0. The number of hydrogen-bond donors (Lipinski definition) is 1. The van der Waals surface area contributed by atoms with Gasteiger partial charge in [-0.2, -0.15) is 26.3 Å². The summed E-state index contributed by atoms with van der Waals surface area (Å²) in [5, 5.41) is 2.58. The van der Waals surface area contributed by atoms with Crippen molar-refractivity contribution in [1.82, 2.24) is 14.8 Å². The molecule has 0 fully saturated rings. The van der Waals surface area contributed by atoms with E-state index < -0.39 is 65.2 Å². The minimum absolute atomic E-state index is 0.0614. The zero-order chi connectivity index (χ0) is 40.4. The van der Waals surface area contributed by atoms with Crippen molar-refractivity contribution in [2.45, 2.75) is 83.2 Å². The smallest absolute Gasteiger partial charge is 0.416 e. The Labute approximate surface area is 310 Å². The summed E-state index contributed by atoms with van der Waals surface area (Å²) in [4.78, 5) is 41.7. The van der Waals surface area contributed by atoms with Crippen LogP contribution in [-0.2, 0) is 39.5 Å². The van der Waals surface area contributed by atoms with Gasteiger partial charge < -0.3 is 19.5 Å². The lowest BCUT2D eigenvalue weighted by molar-refractivity contribution is -0.144. The first-order chi connectivity index (χ1) is 25.3. The van der Waals surface area contributed by atoms with Crippen LogP contribution in [0.5, 0.6) is 0 Å². The van der Waals surface area contributed by atoms with Crippen molar-refractivity contribution in [3.8, 4) is 11.1 Å². The largest absolute Gasteiger partial charge is 0.466 e. The Bertz CT molecular complexity index is 1870. The van der Waals surface area contributed by atoms with Gasteiger partial charge in [0.1, 0.15) is 11.9 Å². The number of rotatable bonds is 18. The molecule has 0 spiro atoms. The van der Waals surface area contributed by atoms with Crippen molar-refractivity contribution in [2.75, 3.05) is 27.2 Å². The third-order valence-corrected chi connectivity index (χ3v) is 8.78. The molecule has 0 bridgehead atoms. The molecule has 0 unspecified atom stereocenters. The average molecular weight is 766 g/mol. The van der Waals surface area contributed by atoms with Crippen LogP contribution in [0.2, 0.25) is 0 Å². The fourth-order valence-electron chi connectivity index (χ4n) is 6.24. The lowest BCUT2D eigenvalue weighted by Crippen LogP contribution is -2.40. The predicted molar refractivity (Wildman–Crippen MR) is 193 cm³/mol. The van der Waals surface area contributed by atoms with Crippen molar-refractivity contribution in [3.63, 3.8) is 0 Å². The molecule has 54 heavy (non-hydrogen) atoms. The number of amides is 1. The highest BCUT2D eigenvalue weighted by molar-refractivity contribution is 5.82. The molecule has 1 heterocycles. The first kappa shape index (κ1) is 43.7. The highest BCUT2D eigenvalue weighted by atomic mass is 19.4. The molecule has 2 atom stereocenters. The van der Waals surface area contributed by atoms with E-state index in [2.05, 4.69) is 18.5 Å². The molecule has 7 nitrogen and oxygen atoms in total. The number of carbonyl (C=O) groups excluding carboxylic acids is 2. The standard InChI is InChI=1S/C40H46F7N3O4/c1-7-10-11-12-14-26-21-31(41)17-25(4)37(26)29-18-28(19-30(20-29)39(42,43)44)33(23-36(52)54-9-3)48-38(53)34(13-8-2)50-24-27(15-16-49(5)6)32(22-35(50)51)40(45,46)47/h7-8,17-22,24,33-34H,1-2,9-16,23H2,3-6H3,(H,48,53)/t33-,34-/m0/s1. The van der Waals surface area contributed by atoms with Crippen LogP contribution in [0.4, 0.5) is 30.7 Å². The molecule has 0 aliphatic carbocycles. The maximum atomic E-state index is 14.6. The van der Waals surface area contributed by atoms with Gasteiger partial charge in [-0.25, -0.2) is 4.39 Å². The number of benzene rings is 2. The summed E-state index contributed by atoms with van der Waals surface area (Å²) in [5.41, 5.74) is -2.56. The number of pyridine rings is 1. The van der Waals surface area contributed by atoms with Gasteiger partial charge in [0.05, 0.1) is 30.2 Å². The third kappa shape index (κ3) is 11.9. The Hall–Kier alpha value is -4.72. The molecule has 14 heteroatoms. The number of aromatic nitrogens is 1. The summed E-state index contributed by atoms with van der Waals surface area (Å²) in [7, 11) is 3.31. The highest BCUT2D eigenvalue weighted by Gasteiger charge is 2.36. The molecule has 2 aromatic carbocycles. The summed E-state index contributed by atoms with van der Waals surface area (Å²) >= 11 is 0. The van der Waals surface area contributed by atoms with Gasteiger partial charge in [0.25, 0.3) is 5.56 Å². The molecule has 0 radical (unpaired) electrons. The number of likely N-dealkylation sites (N-methyl/N-ethyl adjacent to an activating group) is 1. The molecular weight excluding hydrogens is 719 g/mol. The van der Waals surface area contributed by atoms with Gasteiger partial charge in [-0.05, 0) is 130 Å². The van der Waals surface area contributed by atoms with Crippen LogP contribution < -0.4 is 10.9 Å². The highest BCUT2D eigenvalue weighted by Crippen LogP contribution is 2.39. The Balaban J connectivity index is 2.22. The van der Waals surface area contributed by atoms with Crippen LogP contribution in [-0.4, -0.2) is 48.6 Å². The molecule has 294 valence electrons. The van der Waals surface area contributed by atoms with Gasteiger partial charge in [0, 0.05) is 18.8 Å². The molecule has 1 aromatic heterocycles. The van der Waals surface area contributed by atoms with E-state index in [1.54, 1.807) is 32.0 Å². The maximum absolute atomic E-state index is 14.6. The number of nitrogens with one attached hydrogen (secondary N) is 1. The number of nitrogens with zero attached hydrogens (tertiary/aromatic N) is 2. The van der Waals surface area contributed by atoms with E-state index in [1.165, 1.54) is 31.2 Å². The molecule has 3 rings (SSSR count). The molecule has 3 aromatic rings. The first-order valence-electron chi connectivity index (χ1n) is 17.5. The Kier molecular flexibility index (Phi) is 15.4. The summed E-state index contributed by atoms with van der Waals surface area (Å²) < 4.78 is 106. The Morgan fingerprint density at radius 1 is 0.944 bits per heavy atom. The van der Waals surface area contributed by atoms with Crippen molar-refractivity contribution in [1.29, 1.82) is 0 Å².